The van der Waals surface area contributed by atoms with Crippen LogP contribution in [0.15, 0.2) is 30.3 Å². The molecule has 2 atom stereocenters. The van der Waals surface area contributed by atoms with Gasteiger partial charge in [-0.15, -0.1) is 0 Å². The van der Waals surface area contributed by atoms with Crippen LogP contribution in [-0.2, 0) is 19.0 Å². The van der Waals surface area contributed by atoms with Crippen LogP contribution in [0.1, 0.15) is 18.3 Å². The molecule has 0 N–H and O–H groups in total. The van der Waals surface area contributed by atoms with E-state index in [4.69, 9.17) is 9.47 Å². The first-order valence-corrected chi connectivity index (χ1v) is 5.18. The quantitative estimate of drug-likeness (QED) is 0.730. The number of hydrogen-bond acceptors (Lipinski definition) is 4. The Bertz CT molecular complexity index is 349. The van der Waals surface area contributed by atoms with Crippen molar-refractivity contribution in [3.8, 4) is 0 Å². The molecule has 0 spiro atoms. The van der Waals surface area contributed by atoms with Crippen LogP contribution in [0.5, 0.6) is 0 Å². The molecule has 0 amide bonds. The number of ether oxygens (including phenoxy) is 3. The SMILES string of the molecule is COC(=O)CC1COC(c2ccccc2)O1. The summed E-state index contributed by atoms with van der Waals surface area (Å²) in [6, 6.07) is 9.66. The van der Waals surface area contributed by atoms with Crippen LogP contribution in [0.25, 0.3) is 0 Å². The summed E-state index contributed by atoms with van der Waals surface area (Å²) in [4.78, 5) is 11.1. The molecule has 0 aromatic heterocycles. The van der Waals surface area contributed by atoms with Crippen molar-refractivity contribution in [2.45, 2.75) is 18.8 Å². The molecule has 2 unspecified atom stereocenters. The van der Waals surface area contributed by atoms with Crippen LogP contribution in [0.2, 0.25) is 0 Å². The van der Waals surface area contributed by atoms with Crippen molar-refractivity contribution in [1.82, 2.24) is 0 Å². The first kappa shape index (κ1) is 11.1. The van der Waals surface area contributed by atoms with E-state index in [2.05, 4.69) is 4.74 Å². The van der Waals surface area contributed by atoms with Crippen molar-refractivity contribution in [3.63, 3.8) is 0 Å². The van der Waals surface area contributed by atoms with E-state index in [9.17, 15) is 4.79 Å². The molecule has 0 bridgehead atoms. The lowest BCUT2D eigenvalue weighted by atomic mass is 10.2. The topological polar surface area (TPSA) is 44.8 Å². The smallest absolute Gasteiger partial charge is 0.308 e. The predicted molar refractivity (Wildman–Crippen MR) is 56.6 cm³/mol. The maximum absolute atomic E-state index is 11.1. The molecule has 1 aliphatic heterocycles. The normalized spacial score (nSPS) is 24.3. The molecule has 1 aliphatic rings. The average molecular weight is 222 g/mol. The third-order valence-corrected chi connectivity index (χ3v) is 2.44. The van der Waals surface area contributed by atoms with E-state index in [1.165, 1.54) is 7.11 Å². The van der Waals surface area contributed by atoms with Crippen molar-refractivity contribution in [2.75, 3.05) is 13.7 Å². The average Bonchev–Trinajstić information content (AvgIpc) is 2.78. The van der Waals surface area contributed by atoms with Gasteiger partial charge in [-0.1, -0.05) is 30.3 Å². The molecule has 86 valence electrons. The minimum atomic E-state index is -0.365. The lowest BCUT2D eigenvalue weighted by molar-refractivity contribution is -0.143. The van der Waals surface area contributed by atoms with E-state index in [0.717, 1.165) is 5.56 Å². The highest BCUT2D eigenvalue weighted by atomic mass is 16.7. The number of methoxy groups -OCH3 is 1. The highest BCUT2D eigenvalue weighted by molar-refractivity contribution is 5.69. The van der Waals surface area contributed by atoms with E-state index in [1.807, 2.05) is 30.3 Å². The van der Waals surface area contributed by atoms with Crippen molar-refractivity contribution in [1.29, 1.82) is 0 Å². The molecule has 2 rings (SSSR count). The Balaban J connectivity index is 1.91. The van der Waals surface area contributed by atoms with Gasteiger partial charge in [0.2, 0.25) is 0 Å². The van der Waals surface area contributed by atoms with E-state index in [-0.39, 0.29) is 24.8 Å². The van der Waals surface area contributed by atoms with Crippen molar-refractivity contribution in [3.05, 3.63) is 35.9 Å². The van der Waals surface area contributed by atoms with Crippen LogP contribution in [0, 0.1) is 0 Å². The molecular weight excluding hydrogens is 208 g/mol. The van der Waals surface area contributed by atoms with Gasteiger partial charge in [0.1, 0.15) is 0 Å². The van der Waals surface area contributed by atoms with Crippen molar-refractivity contribution < 1.29 is 19.0 Å². The Hall–Kier alpha value is -1.39. The standard InChI is InChI=1S/C12H14O4/c1-14-11(13)7-10-8-15-12(16-10)9-5-3-2-4-6-9/h2-6,10,12H,7-8H2,1H3. The molecule has 1 saturated heterocycles. The minimum Gasteiger partial charge on any atom is -0.469 e. The Morgan fingerprint density at radius 1 is 1.44 bits per heavy atom. The molecule has 0 saturated carbocycles. The van der Waals surface area contributed by atoms with E-state index in [0.29, 0.717) is 6.61 Å². The van der Waals surface area contributed by atoms with Gasteiger partial charge in [-0.2, -0.15) is 0 Å². The highest BCUT2D eigenvalue weighted by Gasteiger charge is 2.28. The molecule has 1 heterocycles. The van der Waals surface area contributed by atoms with Gasteiger partial charge in [0.25, 0.3) is 0 Å². The summed E-state index contributed by atoms with van der Waals surface area (Å²) in [5.41, 5.74) is 0.967. The second-order valence-electron chi connectivity index (χ2n) is 3.61. The van der Waals surface area contributed by atoms with Gasteiger partial charge in [-0.05, 0) is 0 Å². The monoisotopic (exact) mass is 222 g/mol. The lowest BCUT2D eigenvalue weighted by Gasteiger charge is -2.10. The van der Waals surface area contributed by atoms with E-state index < -0.39 is 0 Å². The van der Waals surface area contributed by atoms with Gasteiger partial charge in [0.15, 0.2) is 6.29 Å². The summed E-state index contributed by atoms with van der Waals surface area (Å²) < 4.78 is 15.6. The molecule has 1 aromatic rings. The number of carbonyl (C=O) groups is 1. The molecule has 4 heteroatoms. The third-order valence-electron chi connectivity index (χ3n) is 2.44. The van der Waals surface area contributed by atoms with E-state index >= 15 is 0 Å². The molecule has 4 nitrogen and oxygen atoms in total. The third kappa shape index (κ3) is 2.59. The fourth-order valence-electron chi connectivity index (χ4n) is 1.61. The largest absolute Gasteiger partial charge is 0.469 e. The fourth-order valence-corrected chi connectivity index (χ4v) is 1.61. The summed E-state index contributed by atoms with van der Waals surface area (Å²) >= 11 is 0. The molecular formula is C12H14O4. The van der Waals surface area contributed by atoms with Gasteiger partial charge >= 0.3 is 5.97 Å². The van der Waals surface area contributed by atoms with Crippen molar-refractivity contribution in [2.24, 2.45) is 0 Å². The first-order chi connectivity index (χ1) is 7.79. The number of hydrogen-bond donors (Lipinski definition) is 0. The number of benzene rings is 1. The zero-order chi connectivity index (χ0) is 11.4. The zero-order valence-corrected chi connectivity index (χ0v) is 9.09. The minimum absolute atomic E-state index is 0.211. The van der Waals surface area contributed by atoms with Gasteiger partial charge in [0.05, 0.1) is 26.2 Å². The fraction of sp³-hybridized carbons (Fsp3) is 0.417. The lowest BCUT2D eigenvalue weighted by Crippen LogP contribution is -2.16. The molecule has 1 fully saturated rings. The van der Waals surface area contributed by atoms with Gasteiger partial charge in [-0.3, -0.25) is 4.79 Å². The van der Waals surface area contributed by atoms with Crippen molar-refractivity contribution >= 4 is 5.97 Å². The Labute approximate surface area is 94.1 Å². The summed E-state index contributed by atoms with van der Waals surface area (Å²) in [5.74, 6) is -0.276. The summed E-state index contributed by atoms with van der Waals surface area (Å²) in [5, 5.41) is 0. The van der Waals surface area contributed by atoms with Crippen LogP contribution in [0.3, 0.4) is 0 Å². The predicted octanol–water partition coefficient (Wildman–Crippen LogP) is 1.66. The summed E-state index contributed by atoms with van der Waals surface area (Å²) in [7, 11) is 1.37. The Morgan fingerprint density at radius 3 is 2.88 bits per heavy atom. The second kappa shape index (κ2) is 5.09. The van der Waals surface area contributed by atoms with Crippen LogP contribution < -0.4 is 0 Å². The second-order valence-corrected chi connectivity index (χ2v) is 3.61. The summed E-state index contributed by atoms with van der Waals surface area (Å²) in [6.45, 7) is 0.425. The first-order valence-electron chi connectivity index (χ1n) is 5.18. The van der Waals surface area contributed by atoms with Gasteiger partial charge in [-0.25, -0.2) is 0 Å². The molecule has 16 heavy (non-hydrogen) atoms. The summed E-state index contributed by atoms with van der Waals surface area (Å²) in [6.07, 6.45) is -0.340. The maximum Gasteiger partial charge on any atom is 0.308 e. The zero-order valence-electron chi connectivity index (χ0n) is 9.09. The molecule has 0 aliphatic carbocycles. The Morgan fingerprint density at radius 2 is 2.19 bits per heavy atom. The molecule has 1 aromatic carbocycles. The number of carbonyl (C=O) groups excluding carboxylic acids is 1. The van der Waals surface area contributed by atoms with Gasteiger partial charge in [0, 0.05) is 5.56 Å². The van der Waals surface area contributed by atoms with Crippen LogP contribution in [-0.4, -0.2) is 25.8 Å². The highest BCUT2D eigenvalue weighted by Crippen LogP contribution is 2.27. The number of rotatable bonds is 3. The Kier molecular flexibility index (Phi) is 3.54. The maximum atomic E-state index is 11.1. The van der Waals surface area contributed by atoms with Gasteiger partial charge < -0.3 is 14.2 Å². The van der Waals surface area contributed by atoms with Crippen LogP contribution >= 0.6 is 0 Å². The number of esters is 1. The van der Waals surface area contributed by atoms with E-state index in [1.54, 1.807) is 0 Å². The van der Waals surface area contributed by atoms with Crippen LogP contribution in [0.4, 0.5) is 0 Å². The molecule has 0 radical (unpaired) electrons.